The lowest BCUT2D eigenvalue weighted by atomic mass is 9.97. The van der Waals surface area contributed by atoms with Crippen LogP contribution in [-0.4, -0.2) is 46.5 Å². The SMILES string of the molecule is CC(=O)O[C@@H]1[C@H](C(F)(F)F)[C@@H](COC(=O)c2ccccc2)O[C@H]1n1cc(C)c(=O)[nH]c1=O. The van der Waals surface area contributed by atoms with Gasteiger partial charge in [0, 0.05) is 18.7 Å². The third kappa shape index (κ3) is 4.90. The second kappa shape index (κ2) is 8.99. The lowest BCUT2D eigenvalue weighted by Gasteiger charge is -2.26. The Morgan fingerprint density at radius 1 is 1.19 bits per heavy atom. The summed E-state index contributed by atoms with van der Waals surface area (Å²) in [6.45, 7) is 1.43. The number of rotatable bonds is 5. The number of carbonyl (C=O) groups is 2. The van der Waals surface area contributed by atoms with E-state index in [0.29, 0.717) is 4.57 Å². The van der Waals surface area contributed by atoms with E-state index in [1.807, 2.05) is 4.98 Å². The first-order valence-corrected chi connectivity index (χ1v) is 9.42. The number of nitrogens with one attached hydrogen (secondary N) is 1. The van der Waals surface area contributed by atoms with Crippen molar-refractivity contribution in [2.24, 2.45) is 5.92 Å². The number of benzene rings is 1. The number of esters is 2. The maximum Gasteiger partial charge on any atom is 0.398 e. The Bertz CT molecular complexity index is 1110. The van der Waals surface area contributed by atoms with Gasteiger partial charge in [-0.3, -0.25) is 19.1 Å². The van der Waals surface area contributed by atoms with Gasteiger partial charge in [0.15, 0.2) is 12.3 Å². The van der Waals surface area contributed by atoms with Crippen LogP contribution in [0, 0.1) is 12.8 Å². The molecule has 2 heterocycles. The molecule has 3 rings (SSSR count). The van der Waals surface area contributed by atoms with E-state index in [1.54, 1.807) is 18.2 Å². The molecular formula is C20H19F3N2O7. The van der Waals surface area contributed by atoms with Crippen LogP contribution < -0.4 is 11.2 Å². The molecule has 1 aromatic heterocycles. The van der Waals surface area contributed by atoms with E-state index >= 15 is 0 Å². The van der Waals surface area contributed by atoms with Crippen molar-refractivity contribution < 1.29 is 37.0 Å². The predicted molar refractivity (Wildman–Crippen MR) is 102 cm³/mol. The Labute approximate surface area is 178 Å². The summed E-state index contributed by atoms with van der Waals surface area (Å²) < 4.78 is 57.8. The number of halogens is 3. The van der Waals surface area contributed by atoms with Gasteiger partial charge in [0.1, 0.15) is 18.6 Å². The van der Waals surface area contributed by atoms with Crippen LogP contribution in [0.4, 0.5) is 13.2 Å². The number of hydrogen-bond acceptors (Lipinski definition) is 7. The molecule has 0 spiro atoms. The fourth-order valence-corrected chi connectivity index (χ4v) is 3.41. The molecular weight excluding hydrogens is 437 g/mol. The molecule has 1 aliphatic rings. The molecule has 1 saturated heterocycles. The molecule has 2 aromatic rings. The number of carbonyl (C=O) groups excluding carboxylic acids is 2. The van der Waals surface area contributed by atoms with Crippen molar-refractivity contribution in [3.63, 3.8) is 0 Å². The van der Waals surface area contributed by atoms with Gasteiger partial charge < -0.3 is 14.2 Å². The third-order valence-corrected chi connectivity index (χ3v) is 4.84. The van der Waals surface area contributed by atoms with E-state index in [1.165, 1.54) is 19.1 Å². The molecule has 1 N–H and O–H groups in total. The maximum absolute atomic E-state index is 13.9. The second-order valence-electron chi connectivity index (χ2n) is 7.15. The molecule has 0 saturated carbocycles. The Kier molecular flexibility index (Phi) is 6.53. The zero-order valence-electron chi connectivity index (χ0n) is 16.9. The highest BCUT2D eigenvalue weighted by Gasteiger charge is 2.60. The van der Waals surface area contributed by atoms with E-state index in [0.717, 1.165) is 13.1 Å². The van der Waals surface area contributed by atoms with Crippen LogP contribution in [0.5, 0.6) is 0 Å². The molecule has 1 fully saturated rings. The van der Waals surface area contributed by atoms with Crippen LogP contribution in [0.1, 0.15) is 29.1 Å². The number of alkyl halides is 3. The van der Waals surface area contributed by atoms with E-state index in [9.17, 15) is 32.3 Å². The molecule has 12 heteroatoms. The molecule has 0 radical (unpaired) electrons. The highest BCUT2D eigenvalue weighted by Crippen LogP contribution is 2.45. The van der Waals surface area contributed by atoms with Gasteiger partial charge in [0.05, 0.1) is 5.56 Å². The monoisotopic (exact) mass is 456 g/mol. The standard InChI is InChI=1S/C20H19F3N2O7/c1-10-8-25(19(29)24-16(10)27)17-15(31-11(2)26)14(20(21,22)23)13(32-17)9-30-18(28)12-6-4-3-5-7-12/h3-8,13-15,17H,9H2,1-2H3,(H,24,27,29)/t13-,14-,15-,17-/m1/s1. The van der Waals surface area contributed by atoms with E-state index in [-0.39, 0.29) is 11.1 Å². The Balaban J connectivity index is 1.95. The highest BCUT2D eigenvalue weighted by molar-refractivity contribution is 5.89. The topological polar surface area (TPSA) is 117 Å². The summed E-state index contributed by atoms with van der Waals surface area (Å²) in [5.41, 5.74) is -1.63. The van der Waals surface area contributed by atoms with E-state index < -0.39 is 60.3 Å². The van der Waals surface area contributed by atoms with Crippen molar-refractivity contribution in [1.29, 1.82) is 0 Å². The molecule has 9 nitrogen and oxygen atoms in total. The summed E-state index contributed by atoms with van der Waals surface area (Å²) in [5.74, 6) is -4.31. The van der Waals surface area contributed by atoms with Gasteiger partial charge in [-0.15, -0.1) is 0 Å². The number of nitrogens with zero attached hydrogens (tertiary/aromatic N) is 1. The van der Waals surface area contributed by atoms with Gasteiger partial charge in [-0.2, -0.15) is 13.2 Å². The van der Waals surface area contributed by atoms with Crippen molar-refractivity contribution in [1.82, 2.24) is 9.55 Å². The Hall–Kier alpha value is -3.41. The first-order chi connectivity index (χ1) is 15.0. The quantitative estimate of drug-likeness (QED) is 0.681. The third-order valence-electron chi connectivity index (χ3n) is 4.84. The minimum absolute atomic E-state index is 0.0253. The molecule has 1 aromatic carbocycles. The zero-order chi connectivity index (χ0) is 23.6. The van der Waals surface area contributed by atoms with Gasteiger partial charge in [-0.05, 0) is 19.1 Å². The van der Waals surface area contributed by atoms with Crippen molar-refractivity contribution >= 4 is 11.9 Å². The number of aromatic amines is 1. The van der Waals surface area contributed by atoms with Crippen LogP contribution in [0.3, 0.4) is 0 Å². The van der Waals surface area contributed by atoms with Gasteiger partial charge in [-0.25, -0.2) is 9.59 Å². The van der Waals surface area contributed by atoms with Crippen molar-refractivity contribution in [3.8, 4) is 0 Å². The highest BCUT2D eigenvalue weighted by atomic mass is 19.4. The molecule has 4 atom stereocenters. The summed E-state index contributed by atoms with van der Waals surface area (Å²) in [7, 11) is 0. The van der Waals surface area contributed by atoms with Crippen LogP contribution in [-0.2, 0) is 19.0 Å². The second-order valence-corrected chi connectivity index (χ2v) is 7.15. The van der Waals surface area contributed by atoms with Crippen molar-refractivity contribution in [2.45, 2.75) is 38.5 Å². The lowest BCUT2D eigenvalue weighted by Crippen LogP contribution is -2.44. The fraction of sp³-hybridized carbons (Fsp3) is 0.400. The predicted octanol–water partition coefficient (Wildman–Crippen LogP) is 1.71. The fourth-order valence-electron chi connectivity index (χ4n) is 3.41. The Morgan fingerprint density at radius 3 is 2.44 bits per heavy atom. The zero-order valence-corrected chi connectivity index (χ0v) is 16.9. The average molecular weight is 456 g/mol. The van der Waals surface area contributed by atoms with Gasteiger partial charge in [0.2, 0.25) is 0 Å². The van der Waals surface area contributed by atoms with E-state index in [4.69, 9.17) is 14.2 Å². The molecule has 1 aliphatic heterocycles. The maximum atomic E-state index is 13.9. The summed E-state index contributed by atoms with van der Waals surface area (Å²) in [6.07, 6.45) is -9.38. The average Bonchev–Trinajstić information content (AvgIpc) is 3.07. The number of ether oxygens (including phenoxy) is 3. The summed E-state index contributed by atoms with van der Waals surface area (Å²) in [6, 6.07) is 7.60. The summed E-state index contributed by atoms with van der Waals surface area (Å²) in [4.78, 5) is 49.5. The number of H-pyrrole nitrogens is 1. The van der Waals surface area contributed by atoms with Crippen LogP contribution in [0.15, 0.2) is 46.1 Å². The molecule has 0 amide bonds. The first kappa shape index (κ1) is 23.3. The van der Waals surface area contributed by atoms with Gasteiger partial charge in [-0.1, -0.05) is 18.2 Å². The minimum Gasteiger partial charge on any atom is -0.459 e. The molecule has 0 unspecified atom stereocenters. The molecule has 0 aliphatic carbocycles. The Morgan fingerprint density at radius 2 is 1.84 bits per heavy atom. The molecule has 0 bridgehead atoms. The van der Waals surface area contributed by atoms with Gasteiger partial charge >= 0.3 is 23.8 Å². The van der Waals surface area contributed by atoms with Crippen molar-refractivity contribution in [3.05, 3.63) is 68.5 Å². The van der Waals surface area contributed by atoms with Crippen LogP contribution in [0.2, 0.25) is 0 Å². The largest absolute Gasteiger partial charge is 0.459 e. The minimum atomic E-state index is -4.93. The smallest absolute Gasteiger partial charge is 0.398 e. The van der Waals surface area contributed by atoms with Crippen molar-refractivity contribution in [2.75, 3.05) is 6.61 Å². The molecule has 172 valence electrons. The summed E-state index contributed by atoms with van der Waals surface area (Å²) >= 11 is 0. The number of hydrogen-bond donors (Lipinski definition) is 1. The number of aromatic nitrogens is 2. The molecule has 32 heavy (non-hydrogen) atoms. The van der Waals surface area contributed by atoms with Crippen LogP contribution >= 0.6 is 0 Å². The lowest BCUT2D eigenvalue weighted by molar-refractivity contribution is -0.210. The van der Waals surface area contributed by atoms with Crippen LogP contribution in [0.25, 0.3) is 0 Å². The normalized spacial score (nSPS) is 23.0. The number of aryl methyl sites for hydroxylation is 1. The van der Waals surface area contributed by atoms with Gasteiger partial charge in [0.25, 0.3) is 5.56 Å². The van der Waals surface area contributed by atoms with E-state index in [2.05, 4.69) is 0 Å². The summed E-state index contributed by atoms with van der Waals surface area (Å²) in [5, 5.41) is 0. The first-order valence-electron chi connectivity index (χ1n) is 9.42.